The number of aliphatic hydroxyl groups is 2. The maximum absolute atomic E-state index is 14.5. The number of hydrogen-bond donors (Lipinski definition) is 2. The lowest BCUT2D eigenvalue weighted by Gasteiger charge is -2.30. The van der Waals surface area contributed by atoms with Gasteiger partial charge >= 0.3 is 0 Å². The van der Waals surface area contributed by atoms with Crippen LogP contribution in [0.25, 0.3) is 0 Å². The first-order chi connectivity index (χ1) is 24.5. The molecule has 0 aromatic heterocycles. The molecule has 0 saturated heterocycles. The Bertz CT molecular complexity index is 1920. The first-order valence-corrected chi connectivity index (χ1v) is 18.9. The summed E-state index contributed by atoms with van der Waals surface area (Å²) in [6.45, 7) is 15.9. The lowest BCUT2D eigenvalue weighted by atomic mass is 9.78. The maximum Gasteiger partial charge on any atom is 0.210 e. The lowest BCUT2D eigenvalue weighted by Crippen LogP contribution is -2.32. The molecule has 276 valence electrons. The Balaban J connectivity index is 0.00000523. The second kappa shape index (κ2) is 16.5. The zero-order chi connectivity index (χ0) is 36.3. The SMILES string of the molecule is C.Cc1ccc2c(c1)C(C)(C)C(/C=C1/C(=O)C(/C=C3\N(CCOCCO)c4ccc(C)cc4C3(C)C)=C1SCCOCCO)=[N+]2Cc1ccccc1. The fourth-order valence-electron chi connectivity index (χ4n) is 7.49. The standard InChI is InChI=1S/C43H51N2O5S.CH4/c1-29-12-14-36-34(24-29)42(3,4)38(44(36)16-19-49-20-17-46)26-32-40(48)33(41(32)51-23-22-50-21-18-47)27-39-43(5,6)35-25-30(2)13-15-37(35)45(39)28-31-10-8-7-9-11-31;/h7-15,24-27,46-47H,16-23,28H2,1-6H3;1H4/q+1;. The highest BCUT2D eigenvalue weighted by molar-refractivity contribution is 8.03. The van der Waals surface area contributed by atoms with Crippen molar-refractivity contribution < 1.29 is 29.1 Å². The predicted octanol–water partition coefficient (Wildman–Crippen LogP) is 7.71. The van der Waals surface area contributed by atoms with Crippen LogP contribution in [-0.4, -0.2) is 78.2 Å². The Kier molecular flexibility index (Phi) is 12.5. The Morgan fingerprint density at radius 2 is 1.46 bits per heavy atom. The zero-order valence-electron chi connectivity index (χ0n) is 30.8. The first-order valence-electron chi connectivity index (χ1n) is 17.9. The van der Waals surface area contributed by atoms with Crippen LogP contribution in [0.1, 0.15) is 62.9 Å². The highest BCUT2D eigenvalue weighted by Crippen LogP contribution is 2.51. The molecule has 3 aliphatic rings. The molecule has 2 heterocycles. The van der Waals surface area contributed by atoms with E-state index in [9.17, 15) is 15.0 Å². The molecule has 0 unspecified atom stereocenters. The van der Waals surface area contributed by atoms with Crippen LogP contribution >= 0.6 is 11.8 Å². The number of hydrogen-bond acceptors (Lipinski definition) is 7. The minimum atomic E-state index is -0.348. The Morgan fingerprint density at radius 1 is 0.808 bits per heavy atom. The van der Waals surface area contributed by atoms with Gasteiger partial charge < -0.3 is 24.6 Å². The monoisotopic (exact) mass is 723 g/mol. The number of fused-ring (bicyclic) bond motifs is 2. The molecule has 0 amide bonds. The largest absolute Gasteiger partial charge is 0.394 e. The summed E-state index contributed by atoms with van der Waals surface area (Å²) in [6.07, 6.45) is 4.24. The first kappa shape index (κ1) is 39.4. The van der Waals surface area contributed by atoms with Crippen molar-refractivity contribution in [1.82, 2.24) is 0 Å². The summed E-state index contributed by atoms with van der Waals surface area (Å²) >= 11 is 1.64. The number of aliphatic hydroxyl groups excluding tert-OH is 2. The zero-order valence-corrected chi connectivity index (χ0v) is 31.6. The summed E-state index contributed by atoms with van der Waals surface area (Å²) in [6, 6.07) is 23.7. The van der Waals surface area contributed by atoms with Crippen molar-refractivity contribution in [2.24, 2.45) is 0 Å². The molecule has 2 aliphatic heterocycles. The fraction of sp³-hybridized carbons (Fsp3) is 0.409. The summed E-state index contributed by atoms with van der Waals surface area (Å²) in [4.78, 5) is 17.7. The van der Waals surface area contributed by atoms with Crippen molar-refractivity contribution in [2.75, 3.05) is 56.8 Å². The number of allylic oxidation sites excluding steroid dienone is 5. The van der Waals surface area contributed by atoms with Crippen LogP contribution in [0.2, 0.25) is 0 Å². The molecule has 3 aromatic rings. The predicted molar refractivity (Wildman–Crippen MR) is 214 cm³/mol. The smallest absolute Gasteiger partial charge is 0.210 e. The van der Waals surface area contributed by atoms with Gasteiger partial charge in [0.25, 0.3) is 0 Å². The van der Waals surface area contributed by atoms with Crippen LogP contribution in [0, 0.1) is 13.8 Å². The number of nitrogens with zero attached hydrogens (tertiary/aromatic N) is 2. The van der Waals surface area contributed by atoms with E-state index in [0.717, 1.165) is 27.6 Å². The highest BCUT2D eigenvalue weighted by atomic mass is 32.2. The van der Waals surface area contributed by atoms with Crippen LogP contribution in [-0.2, 0) is 31.6 Å². The Morgan fingerprint density at radius 3 is 2.15 bits per heavy atom. The molecule has 3 aromatic carbocycles. The number of thioether (sulfide) groups is 1. The van der Waals surface area contributed by atoms with Crippen molar-refractivity contribution in [3.63, 3.8) is 0 Å². The van der Waals surface area contributed by atoms with Gasteiger partial charge in [-0.3, -0.25) is 4.79 Å². The number of benzene rings is 3. The van der Waals surface area contributed by atoms with Crippen LogP contribution in [0.5, 0.6) is 0 Å². The summed E-state index contributed by atoms with van der Waals surface area (Å²) in [7, 11) is 0. The van der Waals surface area contributed by atoms with Crippen molar-refractivity contribution in [1.29, 1.82) is 0 Å². The van der Waals surface area contributed by atoms with Crippen molar-refractivity contribution in [3.8, 4) is 0 Å². The number of Topliss-reactive ketones (excluding diaryl/α,β-unsaturated/α-hetero) is 1. The van der Waals surface area contributed by atoms with Gasteiger partial charge in [0.2, 0.25) is 5.69 Å². The molecule has 8 heteroatoms. The molecule has 0 fully saturated rings. The normalized spacial score (nSPS) is 18.6. The van der Waals surface area contributed by atoms with Gasteiger partial charge in [0, 0.05) is 68.4 Å². The minimum Gasteiger partial charge on any atom is -0.394 e. The summed E-state index contributed by atoms with van der Waals surface area (Å²) in [5, 5.41) is 18.6. The highest BCUT2D eigenvalue weighted by Gasteiger charge is 2.47. The molecule has 0 atom stereocenters. The summed E-state index contributed by atoms with van der Waals surface area (Å²) in [5.74, 6) is 0.691. The molecule has 0 saturated carbocycles. The fourth-order valence-corrected chi connectivity index (χ4v) is 8.51. The van der Waals surface area contributed by atoms with E-state index >= 15 is 0 Å². The van der Waals surface area contributed by atoms with E-state index in [4.69, 9.17) is 9.47 Å². The third kappa shape index (κ3) is 7.64. The van der Waals surface area contributed by atoms with Crippen LogP contribution in [0.4, 0.5) is 11.4 Å². The van der Waals surface area contributed by atoms with Gasteiger partial charge in [-0.05, 0) is 51.5 Å². The molecule has 1 aliphatic carbocycles. The minimum absolute atomic E-state index is 0. The molecule has 2 N–H and O–H groups in total. The number of carbonyl (C=O) groups excluding carboxylic acids is 1. The second-order valence-corrected chi connectivity index (χ2v) is 15.7. The number of ether oxygens (including phenoxy) is 2. The molecular formula is C44H55N2O5S+. The van der Waals surface area contributed by atoms with Crippen LogP contribution in [0.3, 0.4) is 0 Å². The van der Waals surface area contributed by atoms with Crippen LogP contribution in [0.15, 0.2) is 101 Å². The van der Waals surface area contributed by atoms with Crippen molar-refractivity contribution in [3.05, 3.63) is 128 Å². The van der Waals surface area contributed by atoms with E-state index in [1.54, 1.807) is 11.8 Å². The van der Waals surface area contributed by atoms with E-state index in [2.05, 4.69) is 124 Å². The third-order valence-electron chi connectivity index (χ3n) is 10.2. The molecule has 7 nitrogen and oxygen atoms in total. The van der Waals surface area contributed by atoms with E-state index in [1.807, 2.05) is 6.07 Å². The van der Waals surface area contributed by atoms with Gasteiger partial charge in [-0.15, -0.1) is 11.8 Å². The van der Waals surface area contributed by atoms with Gasteiger partial charge in [-0.1, -0.05) is 80.9 Å². The molecule has 0 spiro atoms. The van der Waals surface area contributed by atoms with E-state index < -0.39 is 0 Å². The second-order valence-electron chi connectivity index (χ2n) is 14.6. The molecule has 6 rings (SSSR count). The number of ketones is 1. The van der Waals surface area contributed by atoms with Crippen LogP contribution < -0.4 is 4.90 Å². The van der Waals surface area contributed by atoms with Gasteiger partial charge in [0.1, 0.15) is 0 Å². The Hall–Kier alpha value is -3.79. The van der Waals surface area contributed by atoms with E-state index in [-0.39, 0.29) is 50.5 Å². The van der Waals surface area contributed by atoms with E-state index in [0.29, 0.717) is 37.6 Å². The lowest BCUT2D eigenvalue weighted by molar-refractivity contribution is -0.455. The summed E-state index contributed by atoms with van der Waals surface area (Å²) in [5.41, 5.74) is 11.3. The van der Waals surface area contributed by atoms with Gasteiger partial charge in [-0.25, -0.2) is 0 Å². The van der Waals surface area contributed by atoms with Crippen molar-refractivity contribution >= 4 is 34.6 Å². The molecule has 0 radical (unpaired) electrons. The molecular weight excluding hydrogens is 669 g/mol. The number of rotatable bonds is 15. The quantitative estimate of drug-likeness (QED) is 0.0945. The maximum atomic E-state index is 14.5. The topological polar surface area (TPSA) is 82.2 Å². The average Bonchev–Trinajstić information content (AvgIpc) is 3.44. The van der Waals surface area contributed by atoms with Gasteiger partial charge in [-0.2, -0.15) is 4.58 Å². The van der Waals surface area contributed by atoms with E-state index in [1.165, 1.54) is 33.5 Å². The molecule has 0 bridgehead atoms. The summed E-state index contributed by atoms with van der Waals surface area (Å²) < 4.78 is 13.7. The average molecular weight is 724 g/mol. The van der Waals surface area contributed by atoms with Gasteiger partial charge in [0.15, 0.2) is 18.0 Å². The molecule has 52 heavy (non-hydrogen) atoms. The number of carbonyl (C=O) groups is 1. The number of aryl methyl sites for hydroxylation is 2. The third-order valence-corrected chi connectivity index (χ3v) is 11.3. The Labute approximate surface area is 314 Å². The number of anilines is 1. The van der Waals surface area contributed by atoms with Gasteiger partial charge in [0.05, 0.1) is 45.1 Å². The van der Waals surface area contributed by atoms with Crippen molar-refractivity contribution in [2.45, 2.75) is 66.3 Å².